The summed E-state index contributed by atoms with van der Waals surface area (Å²) in [5.41, 5.74) is 2.01. The summed E-state index contributed by atoms with van der Waals surface area (Å²) in [6.07, 6.45) is 7.57. The largest absolute Gasteiger partial charge is 0.293 e. The zero-order valence-corrected chi connectivity index (χ0v) is 13.1. The van der Waals surface area contributed by atoms with Crippen LogP contribution in [0.1, 0.15) is 60.4 Å². The molecular formula is C21H24O. The van der Waals surface area contributed by atoms with Gasteiger partial charge < -0.3 is 0 Å². The molecule has 0 saturated heterocycles. The first-order valence-electron chi connectivity index (χ1n) is 8.49. The predicted molar refractivity (Wildman–Crippen MR) is 91.1 cm³/mol. The van der Waals surface area contributed by atoms with Crippen molar-refractivity contribution in [1.82, 2.24) is 0 Å². The van der Waals surface area contributed by atoms with E-state index in [-0.39, 0.29) is 11.7 Å². The molecule has 1 atom stereocenters. The average Bonchev–Trinajstić information content (AvgIpc) is 2.61. The summed E-state index contributed by atoms with van der Waals surface area (Å²) < 4.78 is 0. The number of carbonyl (C=O) groups is 1. The third-order valence-corrected chi connectivity index (χ3v) is 4.87. The van der Waals surface area contributed by atoms with Gasteiger partial charge in [0.2, 0.25) is 0 Å². The normalized spacial score (nSPS) is 17.1. The predicted octanol–water partition coefficient (Wildman–Crippen LogP) is 5.62. The molecule has 3 rings (SSSR count). The Kier molecular flexibility index (Phi) is 5.05. The maximum atomic E-state index is 13.0. The van der Waals surface area contributed by atoms with E-state index in [2.05, 4.69) is 12.1 Å². The number of hydrogen-bond acceptors (Lipinski definition) is 1. The van der Waals surface area contributed by atoms with E-state index in [9.17, 15) is 4.79 Å². The number of hydrogen-bond donors (Lipinski definition) is 0. The molecule has 2 aromatic carbocycles. The van der Waals surface area contributed by atoms with Crippen LogP contribution in [0, 0.1) is 5.92 Å². The Balaban J connectivity index is 1.84. The molecule has 1 fully saturated rings. The minimum atomic E-state index is 0.00620. The van der Waals surface area contributed by atoms with E-state index in [1.165, 1.54) is 37.7 Å². The lowest BCUT2D eigenvalue weighted by Gasteiger charge is -2.26. The summed E-state index contributed by atoms with van der Waals surface area (Å²) in [5.74, 6) is 0.982. The smallest absolute Gasteiger partial charge is 0.170 e. The van der Waals surface area contributed by atoms with Crippen LogP contribution < -0.4 is 0 Å². The SMILES string of the molecule is O=C(c1ccccc1)C(CC1CCCCC1)c1ccccc1. The van der Waals surface area contributed by atoms with Crippen LogP contribution in [0.2, 0.25) is 0 Å². The first-order valence-corrected chi connectivity index (χ1v) is 8.49. The Hall–Kier alpha value is -1.89. The van der Waals surface area contributed by atoms with Gasteiger partial charge in [-0.1, -0.05) is 92.8 Å². The van der Waals surface area contributed by atoms with Crippen LogP contribution >= 0.6 is 0 Å². The fourth-order valence-corrected chi connectivity index (χ4v) is 3.64. The minimum absolute atomic E-state index is 0.00620. The van der Waals surface area contributed by atoms with Gasteiger partial charge in [0.05, 0.1) is 0 Å². The van der Waals surface area contributed by atoms with Gasteiger partial charge in [0.1, 0.15) is 0 Å². The molecule has 1 heteroatoms. The molecule has 0 amide bonds. The standard InChI is InChI=1S/C21H24O/c22-21(19-14-8-3-9-15-19)20(18-12-6-2-7-13-18)16-17-10-4-1-5-11-17/h2-3,6-9,12-15,17,20H,1,4-5,10-11,16H2. The van der Waals surface area contributed by atoms with Crippen molar-refractivity contribution in [3.8, 4) is 0 Å². The van der Waals surface area contributed by atoms with Crippen LogP contribution in [0.15, 0.2) is 60.7 Å². The van der Waals surface area contributed by atoms with Gasteiger partial charge in [-0.15, -0.1) is 0 Å². The molecule has 0 N–H and O–H groups in total. The fourth-order valence-electron chi connectivity index (χ4n) is 3.64. The zero-order valence-electron chi connectivity index (χ0n) is 13.1. The Bertz CT molecular complexity index is 582. The van der Waals surface area contributed by atoms with E-state index in [1.54, 1.807) is 0 Å². The van der Waals surface area contributed by atoms with E-state index in [0.717, 1.165) is 12.0 Å². The third-order valence-electron chi connectivity index (χ3n) is 4.87. The van der Waals surface area contributed by atoms with E-state index in [1.807, 2.05) is 48.5 Å². The van der Waals surface area contributed by atoms with Crippen molar-refractivity contribution >= 4 is 5.78 Å². The van der Waals surface area contributed by atoms with Crippen LogP contribution in [-0.4, -0.2) is 5.78 Å². The van der Waals surface area contributed by atoms with Crippen molar-refractivity contribution in [3.05, 3.63) is 71.8 Å². The molecule has 1 nitrogen and oxygen atoms in total. The van der Waals surface area contributed by atoms with Gasteiger partial charge in [-0.05, 0) is 17.9 Å². The van der Waals surface area contributed by atoms with Gasteiger partial charge in [0.15, 0.2) is 5.78 Å². The first-order chi connectivity index (χ1) is 10.8. The summed E-state index contributed by atoms with van der Waals surface area (Å²) in [6.45, 7) is 0. The molecule has 114 valence electrons. The molecule has 0 aromatic heterocycles. The Morgan fingerprint density at radius 1 is 0.864 bits per heavy atom. The minimum Gasteiger partial charge on any atom is -0.293 e. The van der Waals surface area contributed by atoms with Crippen molar-refractivity contribution in [2.24, 2.45) is 5.92 Å². The highest BCUT2D eigenvalue weighted by molar-refractivity contribution is 6.00. The highest BCUT2D eigenvalue weighted by Gasteiger charge is 2.26. The van der Waals surface area contributed by atoms with Gasteiger partial charge in [-0.25, -0.2) is 0 Å². The van der Waals surface area contributed by atoms with Crippen molar-refractivity contribution in [2.45, 2.75) is 44.4 Å². The molecular weight excluding hydrogens is 268 g/mol. The van der Waals surface area contributed by atoms with E-state index in [4.69, 9.17) is 0 Å². The van der Waals surface area contributed by atoms with Crippen molar-refractivity contribution in [2.75, 3.05) is 0 Å². The second-order valence-corrected chi connectivity index (χ2v) is 6.43. The van der Waals surface area contributed by atoms with Crippen molar-refractivity contribution in [1.29, 1.82) is 0 Å². The van der Waals surface area contributed by atoms with E-state index in [0.29, 0.717) is 5.92 Å². The number of benzene rings is 2. The summed E-state index contributed by atoms with van der Waals surface area (Å²) in [4.78, 5) is 13.0. The van der Waals surface area contributed by atoms with Gasteiger partial charge in [0.25, 0.3) is 0 Å². The molecule has 1 aliphatic carbocycles. The maximum Gasteiger partial charge on any atom is 0.170 e. The van der Waals surface area contributed by atoms with Crippen LogP contribution in [0.5, 0.6) is 0 Å². The fraction of sp³-hybridized carbons (Fsp3) is 0.381. The van der Waals surface area contributed by atoms with Gasteiger partial charge >= 0.3 is 0 Å². The highest BCUT2D eigenvalue weighted by Crippen LogP contribution is 2.34. The van der Waals surface area contributed by atoms with Gasteiger partial charge in [-0.2, -0.15) is 0 Å². The summed E-state index contributed by atoms with van der Waals surface area (Å²) in [7, 11) is 0. The quantitative estimate of drug-likeness (QED) is 0.653. The van der Waals surface area contributed by atoms with E-state index >= 15 is 0 Å². The van der Waals surface area contributed by atoms with E-state index < -0.39 is 0 Å². The Labute approximate surface area is 133 Å². The lowest BCUT2D eigenvalue weighted by molar-refractivity contribution is 0.0941. The monoisotopic (exact) mass is 292 g/mol. The van der Waals surface area contributed by atoms with Crippen LogP contribution in [0.3, 0.4) is 0 Å². The molecule has 0 radical (unpaired) electrons. The summed E-state index contributed by atoms with van der Waals surface area (Å²) in [5, 5.41) is 0. The molecule has 1 aliphatic rings. The average molecular weight is 292 g/mol. The number of ketones is 1. The summed E-state index contributed by atoms with van der Waals surface area (Å²) >= 11 is 0. The lowest BCUT2D eigenvalue weighted by Crippen LogP contribution is -2.18. The molecule has 0 bridgehead atoms. The topological polar surface area (TPSA) is 17.1 Å². The molecule has 2 aromatic rings. The Morgan fingerprint density at radius 3 is 2.09 bits per heavy atom. The second kappa shape index (κ2) is 7.40. The molecule has 1 unspecified atom stereocenters. The number of carbonyl (C=O) groups excluding carboxylic acids is 1. The molecule has 0 spiro atoms. The van der Waals surface area contributed by atoms with Crippen molar-refractivity contribution in [3.63, 3.8) is 0 Å². The molecule has 0 heterocycles. The second-order valence-electron chi connectivity index (χ2n) is 6.43. The third kappa shape index (κ3) is 3.65. The van der Waals surface area contributed by atoms with Crippen LogP contribution in [-0.2, 0) is 0 Å². The molecule has 1 saturated carbocycles. The zero-order chi connectivity index (χ0) is 15.2. The Morgan fingerprint density at radius 2 is 1.45 bits per heavy atom. The summed E-state index contributed by atoms with van der Waals surface area (Å²) in [6, 6.07) is 20.1. The van der Waals surface area contributed by atoms with Gasteiger partial charge in [0, 0.05) is 11.5 Å². The number of Topliss-reactive ketones (excluding diaryl/α,β-unsaturated/α-hetero) is 1. The maximum absolute atomic E-state index is 13.0. The highest BCUT2D eigenvalue weighted by atomic mass is 16.1. The lowest BCUT2D eigenvalue weighted by atomic mass is 9.78. The van der Waals surface area contributed by atoms with Crippen LogP contribution in [0.4, 0.5) is 0 Å². The molecule has 0 aliphatic heterocycles. The first kappa shape index (κ1) is 15.0. The number of rotatable bonds is 5. The van der Waals surface area contributed by atoms with Gasteiger partial charge in [-0.3, -0.25) is 4.79 Å². The van der Waals surface area contributed by atoms with Crippen molar-refractivity contribution < 1.29 is 4.79 Å². The molecule has 22 heavy (non-hydrogen) atoms. The van der Waals surface area contributed by atoms with Crippen LogP contribution in [0.25, 0.3) is 0 Å².